The van der Waals surface area contributed by atoms with Crippen molar-refractivity contribution in [1.82, 2.24) is 19.9 Å². The third-order valence-corrected chi connectivity index (χ3v) is 8.81. The Labute approximate surface area is 293 Å². The van der Waals surface area contributed by atoms with Crippen molar-refractivity contribution in [3.05, 3.63) is 174 Å². The Morgan fingerprint density at radius 1 is 0.388 bits per heavy atom. The topological polar surface area (TPSA) is 57.4 Å². The molecule has 0 amide bonds. The first kappa shape index (κ1) is 30.3. The Morgan fingerprint density at radius 3 is 1.27 bits per heavy atom. The fraction of sp³-hybridized carbons (Fsp3) is 0. The molecule has 4 nitrogen and oxygen atoms in total. The normalized spacial score (nSPS) is 11.6. The van der Waals surface area contributed by atoms with Gasteiger partial charge in [-0.15, -0.1) is 0 Å². The van der Waals surface area contributed by atoms with Crippen molar-refractivity contribution in [2.75, 3.05) is 0 Å². The number of hydrogen-bond donors (Lipinski definition) is 2. The molecule has 7 aromatic rings. The van der Waals surface area contributed by atoms with Crippen LogP contribution in [0.1, 0.15) is 22.8 Å². The van der Waals surface area contributed by atoms with Gasteiger partial charge >= 0.3 is 50.3 Å². The Kier molecular flexibility index (Phi) is 8.42. The molecule has 5 heteroatoms. The van der Waals surface area contributed by atoms with Crippen molar-refractivity contribution in [2.24, 2.45) is 0 Å². The van der Waals surface area contributed by atoms with Crippen LogP contribution in [-0.2, 0) is 15.5 Å². The van der Waals surface area contributed by atoms with Crippen LogP contribution in [-0.4, -0.2) is 19.9 Å². The van der Waals surface area contributed by atoms with Crippen LogP contribution in [0, 0.1) is 0 Å². The van der Waals surface area contributed by atoms with Gasteiger partial charge < -0.3 is 9.97 Å². The van der Waals surface area contributed by atoms with E-state index in [1.165, 1.54) is 0 Å². The second-order valence-electron chi connectivity index (χ2n) is 11.7. The van der Waals surface area contributed by atoms with Gasteiger partial charge in [-0.3, -0.25) is 0 Å². The average molecular weight is 674 g/mol. The molecule has 0 radical (unpaired) electrons. The van der Waals surface area contributed by atoms with E-state index in [9.17, 15) is 0 Å². The second-order valence-corrected chi connectivity index (χ2v) is 12.3. The Hall–Kier alpha value is -6.03. The summed E-state index contributed by atoms with van der Waals surface area (Å²) in [7, 11) is 0. The number of nitrogens with zero attached hydrogens (tertiary/aromatic N) is 2. The van der Waals surface area contributed by atoms with Crippen LogP contribution >= 0.6 is 0 Å². The molecule has 2 aliphatic rings. The third kappa shape index (κ3) is 6.45. The predicted molar refractivity (Wildman–Crippen MR) is 201 cm³/mol. The van der Waals surface area contributed by atoms with Crippen LogP contribution in [0.3, 0.4) is 0 Å². The molecule has 9 rings (SSSR count). The van der Waals surface area contributed by atoms with Crippen LogP contribution in [0.25, 0.3) is 79.8 Å². The first-order chi connectivity index (χ1) is 24.2. The second kappa shape index (κ2) is 13.6. The Balaban J connectivity index is 0.000000446. The van der Waals surface area contributed by atoms with Crippen LogP contribution in [0.4, 0.5) is 0 Å². The summed E-state index contributed by atoms with van der Waals surface area (Å²) in [4.78, 5) is 17.7. The molecule has 0 atom stereocenters. The van der Waals surface area contributed by atoms with E-state index in [-0.39, 0.29) is 0 Å². The molecule has 8 bridgehead atoms. The number of fused-ring (bicyclic) bond motifs is 8. The van der Waals surface area contributed by atoms with Gasteiger partial charge in [-0.25, -0.2) is 9.97 Å². The van der Waals surface area contributed by atoms with Gasteiger partial charge in [0.1, 0.15) is 0 Å². The van der Waals surface area contributed by atoms with Gasteiger partial charge in [-0.05, 0) is 71.3 Å². The molecule has 2 N–H and O–H groups in total. The molecule has 0 fully saturated rings. The first-order valence-electron chi connectivity index (χ1n) is 16.2. The first-order valence-corrected chi connectivity index (χ1v) is 16.7. The number of aromatic amines is 2. The number of aromatic nitrogens is 4. The summed E-state index contributed by atoms with van der Waals surface area (Å²) in [5.41, 5.74) is 14.2. The van der Waals surface area contributed by atoms with Gasteiger partial charge in [0.15, 0.2) is 0 Å². The minimum absolute atomic E-state index is 0.900. The summed E-state index contributed by atoms with van der Waals surface area (Å²) >= 11 is 4.54. The molecular formula is C44H31N4Ni. The molecule has 49 heavy (non-hydrogen) atoms. The molecule has 0 spiro atoms. The van der Waals surface area contributed by atoms with Crippen LogP contribution in [0.15, 0.2) is 152 Å². The fourth-order valence-corrected chi connectivity index (χ4v) is 6.46. The number of benzene rings is 4. The molecule has 2 aliphatic heterocycles. The monoisotopic (exact) mass is 673 g/mol. The van der Waals surface area contributed by atoms with Gasteiger partial charge in [0, 0.05) is 38.8 Å². The van der Waals surface area contributed by atoms with E-state index >= 15 is 0 Å². The summed E-state index contributed by atoms with van der Waals surface area (Å²) < 4.78 is 0.947. The molecular weight excluding hydrogens is 643 g/mol. The molecule has 0 aliphatic carbocycles. The summed E-state index contributed by atoms with van der Waals surface area (Å²) in [5.74, 6) is 0. The van der Waals surface area contributed by atoms with E-state index in [2.05, 4.69) is 153 Å². The summed E-state index contributed by atoms with van der Waals surface area (Å²) in [6, 6.07) is 51.7. The molecule has 0 unspecified atom stereocenters. The van der Waals surface area contributed by atoms with E-state index < -0.39 is 0 Å². The molecule has 4 aromatic carbocycles. The molecule has 3 aromatic heterocycles. The SMILES string of the molecule is C1=Cc2nc1cc1ccc([nH]1)c(-c1ccccc1)c1nc(c(-c3ccccc3)c3ccc([nH]3)c2-c2ccccc2)C=C1.[Ni][c]1ccccc1. The minimum atomic E-state index is 0.900. The maximum atomic E-state index is 5.27. The van der Waals surface area contributed by atoms with Crippen molar-refractivity contribution in [3.8, 4) is 33.4 Å². The van der Waals surface area contributed by atoms with Crippen LogP contribution in [0.5, 0.6) is 0 Å². The number of hydrogen-bond acceptors (Lipinski definition) is 2. The number of rotatable bonds is 3. The summed E-state index contributed by atoms with van der Waals surface area (Å²) in [6.45, 7) is 0. The van der Waals surface area contributed by atoms with Gasteiger partial charge in [0.25, 0.3) is 0 Å². The van der Waals surface area contributed by atoms with Gasteiger partial charge in [-0.2, -0.15) is 0 Å². The standard InChI is InChI=1S/C38H26N4.C6H5.Ni/c1-4-10-25(11-5-1)36-30-18-16-28(39-30)24-29-17-19-31(40-29)37(26-12-6-2-7-13-26)33-21-23-35(42-33)38(27-14-8-3-9-15-27)34-22-20-32(36)41-34;1-2-4-6-5-3-1;/h1-24,39,42H;1-5H;. The maximum absolute atomic E-state index is 5.27. The molecule has 237 valence electrons. The zero-order valence-corrected chi connectivity index (χ0v) is 27.4. The van der Waals surface area contributed by atoms with Gasteiger partial charge in [0.2, 0.25) is 0 Å². The van der Waals surface area contributed by atoms with Gasteiger partial charge in [-0.1, -0.05) is 91.0 Å². The van der Waals surface area contributed by atoms with E-state index in [0.717, 1.165) is 82.8 Å². The van der Waals surface area contributed by atoms with Crippen molar-refractivity contribution >= 4 is 50.9 Å². The molecule has 0 saturated heterocycles. The summed E-state index contributed by atoms with van der Waals surface area (Å²) in [6.07, 6.45) is 8.43. The molecule has 0 saturated carbocycles. The zero-order valence-electron chi connectivity index (χ0n) is 26.5. The number of nitrogens with one attached hydrogen (secondary N) is 2. The van der Waals surface area contributed by atoms with Crippen LogP contribution in [0.2, 0.25) is 0 Å². The quantitative estimate of drug-likeness (QED) is 0.183. The number of H-pyrrole nitrogens is 2. The predicted octanol–water partition coefficient (Wildman–Crippen LogP) is 10.5. The van der Waals surface area contributed by atoms with E-state index in [1.54, 1.807) is 0 Å². The Bertz CT molecular complexity index is 2440. The Morgan fingerprint density at radius 2 is 0.796 bits per heavy atom. The van der Waals surface area contributed by atoms with Crippen LogP contribution < -0.4 is 4.53 Å². The van der Waals surface area contributed by atoms with Crippen molar-refractivity contribution in [1.29, 1.82) is 0 Å². The molecule has 5 heterocycles. The zero-order chi connectivity index (χ0) is 33.0. The van der Waals surface area contributed by atoms with E-state index in [0.29, 0.717) is 0 Å². The van der Waals surface area contributed by atoms with Crippen molar-refractivity contribution < 1.29 is 15.5 Å². The fourth-order valence-electron chi connectivity index (χ4n) is 6.27. The van der Waals surface area contributed by atoms with Crippen molar-refractivity contribution in [3.63, 3.8) is 0 Å². The van der Waals surface area contributed by atoms with Crippen molar-refractivity contribution in [2.45, 2.75) is 0 Å². The third-order valence-electron chi connectivity index (χ3n) is 8.48. The van der Waals surface area contributed by atoms with E-state index in [1.807, 2.05) is 48.5 Å². The summed E-state index contributed by atoms with van der Waals surface area (Å²) in [5, 5.41) is 0. The van der Waals surface area contributed by atoms with Gasteiger partial charge in [0.05, 0.1) is 22.8 Å². The average Bonchev–Trinajstić information content (AvgIpc) is 3.98. The van der Waals surface area contributed by atoms with E-state index in [4.69, 9.17) is 9.97 Å².